The van der Waals surface area contributed by atoms with Crippen LogP contribution in [0.4, 0.5) is 0 Å². The van der Waals surface area contributed by atoms with Crippen LogP contribution < -0.4 is 0 Å². The van der Waals surface area contributed by atoms with Crippen LogP contribution in [0, 0.1) is 0 Å². The highest BCUT2D eigenvalue weighted by Gasteiger charge is 2.18. The first-order valence-corrected chi connectivity index (χ1v) is 12.4. The summed E-state index contributed by atoms with van der Waals surface area (Å²) >= 11 is 1.42. The zero-order chi connectivity index (χ0) is 22.6. The molecule has 0 radical (unpaired) electrons. The van der Waals surface area contributed by atoms with E-state index in [9.17, 15) is 8.42 Å². The minimum absolute atomic E-state index is 0.268. The third kappa shape index (κ3) is 4.88. The molecule has 0 atom stereocenters. The number of aromatic nitrogens is 3. The third-order valence-corrected chi connectivity index (χ3v) is 7.53. The molecule has 0 aliphatic rings. The molecule has 0 aliphatic heterocycles. The maximum atomic E-state index is 12.4. The molecule has 1 aromatic heterocycles. The van der Waals surface area contributed by atoms with E-state index in [0.29, 0.717) is 10.9 Å². The van der Waals surface area contributed by atoms with Crippen molar-refractivity contribution >= 4 is 21.8 Å². The summed E-state index contributed by atoms with van der Waals surface area (Å²) in [5.74, 6) is 0.525. The molecule has 0 unspecified atom stereocenters. The van der Waals surface area contributed by atoms with E-state index in [1.165, 1.54) is 30.2 Å². The Morgan fingerprint density at radius 2 is 1.41 bits per heavy atom. The van der Waals surface area contributed by atoms with Gasteiger partial charge in [0, 0.05) is 31.0 Å². The van der Waals surface area contributed by atoms with Crippen LogP contribution in [0.2, 0.25) is 0 Å². The second kappa shape index (κ2) is 9.60. The first-order chi connectivity index (χ1) is 15.4. The summed E-state index contributed by atoms with van der Waals surface area (Å²) in [6.07, 6.45) is 0. The van der Waals surface area contributed by atoms with Gasteiger partial charge in [0.1, 0.15) is 11.4 Å². The van der Waals surface area contributed by atoms with E-state index in [1.807, 2.05) is 66.7 Å². The number of rotatable bonds is 7. The predicted octanol–water partition coefficient (Wildman–Crippen LogP) is 4.75. The Hall–Kier alpha value is -3.07. The summed E-state index contributed by atoms with van der Waals surface area (Å²) < 4.78 is 26.0. The van der Waals surface area contributed by atoms with Crippen molar-refractivity contribution in [2.24, 2.45) is 0 Å². The van der Waals surface area contributed by atoms with Gasteiger partial charge in [0.25, 0.3) is 0 Å². The Morgan fingerprint density at radius 3 is 2.03 bits per heavy atom. The molecular weight excluding hydrogens is 440 g/mol. The van der Waals surface area contributed by atoms with Crippen molar-refractivity contribution in [1.82, 2.24) is 19.5 Å². The largest absolute Gasteiger partial charge is 0.242 e. The van der Waals surface area contributed by atoms with Crippen molar-refractivity contribution < 1.29 is 8.42 Å². The van der Waals surface area contributed by atoms with Gasteiger partial charge in [-0.25, -0.2) is 17.7 Å². The van der Waals surface area contributed by atoms with Crippen molar-refractivity contribution in [2.75, 3.05) is 14.1 Å². The predicted molar refractivity (Wildman–Crippen MR) is 128 cm³/mol. The molecule has 4 rings (SSSR count). The Labute approximate surface area is 192 Å². The number of hydrogen-bond donors (Lipinski definition) is 0. The first-order valence-electron chi connectivity index (χ1n) is 9.95. The molecule has 162 valence electrons. The molecule has 0 N–H and O–H groups in total. The lowest BCUT2D eigenvalue weighted by molar-refractivity contribution is 0.520. The maximum absolute atomic E-state index is 12.4. The number of sulfonamides is 1. The topological polar surface area (TPSA) is 76.1 Å². The average molecular weight is 463 g/mol. The Balaban J connectivity index is 1.63. The average Bonchev–Trinajstić information content (AvgIpc) is 2.84. The lowest BCUT2D eigenvalue weighted by Crippen LogP contribution is -2.22. The fourth-order valence-electron chi connectivity index (χ4n) is 3.11. The van der Waals surface area contributed by atoms with Crippen molar-refractivity contribution in [2.45, 2.75) is 15.8 Å². The Kier molecular flexibility index (Phi) is 6.64. The monoisotopic (exact) mass is 462 g/mol. The van der Waals surface area contributed by atoms with Gasteiger partial charge in [0.05, 0.1) is 4.90 Å². The van der Waals surface area contributed by atoms with Crippen molar-refractivity contribution in [3.05, 3.63) is 90.5 Å². The van der Waals surface area contributed by atoms with E-state index < -0.39 is 10.0 Å². The molecule has 0 amide bonds. The highest BCUT2D eigenvalue weighted by molar-refractivity contribution is 7.98. The third-order valence-electron chi connectivity index (χ3n) is 4.81. The molecule has 0 saturated carbocycles. The lowest BCUT2D eigenvalue weighted by Gasteiger charge is -2.12. The van der Waals surface area contributed by atoms with Crippen LogP contribution in [0.25, 0.3) is 22.5 Å². The molecule has 32 heavy (non-hydrogen) atoms. The molecule has 0 bridgehead atoms. The molecule has 4 aromatic rings. The highest BCUT2D eigenvalue weighted by atomic mass is 32.2. The van der Waals surface area contributed by atoms with Gasteiger partial charge in [-0.1, -0.05) is 84.6 Å². The smallest absolute Gasteiger partial charge is 0.219 e. The lowest BCUT2D eigenvalue weighted by atomic mass is 10.0. The van der Waals surface area contributed by atoms with Crippen LogP contribution in [0.15, 0.2) is 95.0 Å². The molecule has 3 aromatic carbocycles. The van der Waals surface area contributed by atoms with Gasteiger partial charge < -0.3 is 0 Å². The maximum Gasteiger partial charge on any atom is 0.242 e. The standard InChI is InChI=1S/C24H22N4O2S2/c1-28(2)32(29,30)21-15-9-10-18(16-21)17-31-24-25-22(19-11-5-3-6-12-19)23(26-27-24)20-13-7-4-8-14-20/h3-16H,17H2,1-2H3. The van der Waals surface area contributed by atoms with Gasteiger partial charge in [0.15, 0.2) is 0 Å². The fraction of sp³-hybridized carbons (Fsp3) is 0.125. The normalized spacial score (nSPS) is 11.6. The van der Waals surface area contributed by atoms with Crippen LogP contribution in [0.3, 0.4) is 0 Å². The van der Waals surface area contributed by atoms with Crippen molar-refractivity contribution in [1.29, 1.82) is 0 Å². The van der Waals surface area contributed by atoms with E-state index in [2.05, 4.69) is 10.2 Å². The SMILES string of the molecule is CN(C)S(=O)(=O)c1cccc(CSc2nnc(-c3ccccc3)c(-c3ccccc3)n2)c1. The number of nitrogens with zero attached hydrogens (tertiary/aromatic N) is 4. The minimum Gasteiger partial charge on any atom is -0.219 e. The molecule has 1 heterocycles. The van der Waals surface area contributed by atoms with Gasteiger partial charge in [0.2, 0.25) is 15.2 Å². The van der Waals surface area contributed by atoms with Gasteiger partial charge >= 0.3 is 0 Å². The quantitative estimate of drug-likeness (QED) is 0.369. The summed E-state index contributed by atoms with van der Waals surface area (Å²) in [6.45, 7) is 0. The van der Waals surface area contributed by atoms with Crippen molar-refractivity contribution in [3.63, 3.8) is 0 Å². The van der Waals surface area contributed by atoms with E-state index in [0.717, 1.165) is 28.1 Å². The fourth-order valence-corrected chi connectivity index (χ4v) is 4.82. The molecular formula is C24H22N4O2S2. The molecule has 0 fully saturated rings. The van der Waals surface area contributed by atoms with Gasteiger partial charge in [-0.2, -0.15) is 0 Å². The van der Waals surface area contributed by atoms with Crippen LogP contribution in [0.5, 0.6) is 0 Å². The second-order valence-electron chi connectivity index (χ2n) is 7.25. The highest BCUT2D eigenvalue weighted by Crippen LogP contribution is 2.30. The van der Waals surface area contributed by atoms with Crippen molar-refractivity contribution in [3.8, 4) is 22.5 Å². The Morgan fingerprint density at radius 1 is 0.781 bits per heavy atom. The van der Waals surface area contributed by atoms with E-state index in [4.69, 9.17) is 4.98 Å². The zero-order valence-corrected chi connectivity index (χ0v) is 19.3. The van der Waals surface area contributed by atoms with E-state index in [-0.39, 0.29) is 4.90 Å². The van der Waals surface area contributed by atoms with Crippen LogP contribution in [-0.4, -0.2) is 42.0 Å². The summed E-state index contributed by atoms with van der Waals surface area (Å²) in [4.78, 5) is 5.06. The number of thioether (sulfide) groups is 1. The Bertz CT molecular complexity index is 1310. The summed E-state index contributed by atoms with van der Waals surface area (Å²) in [7, 11) is -0.434. The first kappa shape index (κ1) is 22.1. The molecule has 8 heteroatoms. The number of benzene rings is 3. The van der Waals surface area contributed by atoms with Crippen LogP contribution in [0.1, 0.15) is 5.56 Å². The molecule has 0 saturated heterocycles. The minimum atomic E-state index is -3.48. The molecule has 0 aliphatic carbocycles. The summed E-state index contributed by atoms with van der Waals surface area (Å²) in [6, 6.07) is 26.7. The van der Waals surface area contributed by atoms with Gasteiger partial charge in [-0.05, 0) is 17.7 Å². The molecule has 6 nitrogen and oxygen atoms in total. The van der Waals surface area contributed by atoms with Gasteiger partial charge in [-0.15, -0.1) is 10.2 Å². The zero-order valence-electron chi connectivity index (χ0n) is 17.7. The summed E-state index contributed by atoms with van der Waals surface area (Å²) in [5.41, 5.74) is 4.26. The second-order valence-corrected chi connectivity index (χ2v) is 10.3. The van der Waals surface area contributed by atoms with Crippen LogP contribution in [-0.2, 0) is 15.8 Å². The number of hydrogen-bond acceptors (Lipinski definition) is 6. The van der Waals surface area contributed by atoms with E-state index in [1.54, 1.807) is 18.2 Å². The van der Waals surface area contributed by atoms with Crippen LogP contribution >= 0.6 is 11.8 Å². The van der Waals surface area contributed by atoms with Gasteiger partial charge in [-0.3, -0.25) is 0 Å². The molecule has 0 spiro atoms. The summed E-state index contributed by atoms with van der Waals surface area (Å²) in [5, 5.41) is 9.34. The van der Waals surface area contributed by atoms with E-state index >= 15 is 0 Å².